The zero-order valence-electron chi connectivity index (χ0n) is 9.57. The van der Waals surface area contributed by atoms with E-state index in [9.17, 15) is 4.79 Å². The summed E-state index contributed by atoms with van der Waals surface area (Å²) in [4.78, 5) is 11.9. The molecular weight excluding hydrogens is 198 g/mol. The number of benzene rings is 1. The summed E-state index contributed by atoms with van der Waals surface area (Å²) in [5.74, 6) is 2.35. The molecule has 1 N–H and O–H groups in total. The van der Waals surface area contributed by atoms with Crippen LogP contribution in [0.4, 0.5) is 0 Å². The number of nitrogens with one attached hydrogen (secondary N) is 1. The van der Waals surface area contributed by atoms with Crippen molar-refractivity contribution in [2.45, 2.75) is 25.7 Å². The predicted octanol–water partition coefficient (Wildman–Crippen LogP) is 2.32. The maximum absolute atomic E-state index is 11.9. The standard InChI is InChI=1S/C14H17NO/c1-3-8-13(14(16)15-11-4-2)12-9-6-5-7-10-12/h2,5-7,9-10,13H,3,8,11H2,1H3,(H,15,16)/t13-/m0/s1. The molecule has 0 aliphatic carbocycles. The van der Waals surface area contributed by atoms with Crippen molar-refractivity contribution in [2.24, 2.45) is 0 Å². The van der Waals surface area contributed by atoms with Crippen molar-refractivity contribution in [3.8, 4) is 12.3 Å². The lowest BCUT2D eigenvalue weighted by molar-refractivity contribution is -0.122. The first-order chi connectivity index (χ1) is 7.79. The second-order valence-corrected chi connectivity index (χ2v) is 3.67. The van der Waals surface area contributed by atoms with Crippen molar-refractivity contribution in [2.75, 3.05) is 6.54 Å². The van der Waals surface area contributed by atoms with Gasteiger partial charge in [0.15, 0.2) is 0 Å². The summed E-state index contributed by atoms with van der Waals surface area (Å²) in [6.45, 7) is 2.37. The molecule has 84 valence electrons. The Balaban J connectivity index is 2.75. The highest BCUT2D eigenvalue weighted by molar-refractivity contribution is 5.83. The molecule has 0 bridgehead atoms. The Kier molecular flexibility index (Phi) is 5.15. The van der Waals surface area contributed by atoms with Crippen LogP contribution in [0.3, 0.4) is 0 Å². The molecule has 1 aromatic rings. The fourth-order valence-electron chi connectivity index (χ4n) is 1.68. The topological polar surface area (TPSA) is 29.1 Å². The third-order valence-electron chi connectivity index (χ3n) is 2.46. The van der Waals surface area contributed by atoms with E-state index >= 15 is 0 Å². The molecule has 1 rings (SSSR count). The average Bonchev–Trinajstić information content (AvgIpc) is 2.34. The van der Waals surface area contributed by atoms with Crippen LogP contribution in [0.2, 0.25) is 0 Å². The van der Waals surface area contributed by atoms with Crippen molar-refractivity contribution >= 4 is 5.91 Å². The van der Waals surface area contributed by atoms with Gasteiger partial charge >= 0.3 is 0 Å². The monoisotopic (exact) mass is 215 g/mol. The molecule has 1 atom stereocenters. The average molecular weight is 215 g/mol. The number of terminal acetylenes is 1. The van der Waals surface area contributed by atoms with Crippen molar-refractivity contribution < 1.29 is 4.79 Å². The number of hydrogen-bond acceptors (Lipinski definition) is 1. The fraction of sp³-hybridized carbons (Fsp3) is 0.357. The molecule has 1 aromatic carbocycles. The van der Waals surface area contributed by atoms with Gasteiger partial charge in [0.1, 0.15) is 0 Å². The molecule has 0 aliphatic rings. The minimum atomic E-state index is -0.0838. The summed E-state index contributed by atoms with van der Waals surface area (Å²) in [7, 11) is 0. The molecule has 0 aliphatic heterocycles. The Hall–Kier alpha value is -1.75. The number of rotatable bonds is 5. The predicted molar refractivity (Wildman–Crippen MR) is 65.9 cm³/mol. The van der Waals surface area contributed by atoms with Gasteiger partial charge in [0.25, 0.3) is 0 Å². The van der Waals surface area contributed by atoms with E-state index in [4.69, 9.17) is 6.42 Å². The first kappa shape index (κ1) is 12.3. The normalized spacial score (nSPS) is 11.5. The van der Waals surface area contributed by atoms with E-state index in [1.54, 1.807) is 0 Å². The zero-order valence-corrected chi connectivity index (χ0v) is 9.57. The molecule has 0 heterocycles. The van der Waals surface area contributed by atoms with Gasteiger partial charge in [-0.2, -0.15) is 0 Å². The molecule has 0 unspecified atom stereocenters. The highest BCUT2D eigenvalue weighted by Crippen LogP contribution is 2.20. The van der Waals surface area contributed by atoms with Crippen LogP contribution in [0.25, 0.3) is 0 Å². The number of carbonyl (C=O) groups excluding carboxylic acids is 1. The van der Waals surface area contributed by atoms with E-state index in [0.717, 1.165) is 18.4 Å². The minimum absolute atomic E-state index is 0.0194. The van der Waals surface area contributed by atoms with E-state index in [1.165, 1.54) is 0 Å². The Morgan fingerprint density at radius 1 is 1.44 bits per heavy atom. The van der Waals surface area contributed by atoms with Gasteiger partial charge in [0, 0.05) is 0 Å². The molecule has 0 saturated carbocycles. The summed E-state index contributed by atoms with van der Waals surface area (Å²) in [6.07, 6.45) is 6.95. The van der Waals surface area contributed by atoms with E-state index in [-0.39, 0.29) is 11.8 Å². The smallest absolute Gasteiger partial charge is 0.228 e. The lowest BCUT2D eigenvalue weighted by Gasteiger charge is -2.15. The number of carbonyl (C=O) groups is 1. The van der Waals surface area contributed by atoms with E-state index in [0.29, 0.717) is 6.54 Å². The Bertz CT molecular complexity index is 364. The van der Waals surface area contributed by atoms with Gasteiger partial charge in [-0.05, 0) is 12.0 Å². The summed E-state index contributed by atoms with van der Waals surface area (Å²) in [5.41, 5.74) is 1.05. The van der Waals surface area contributed by atoms with Crippen molar-refractivity contribution in [3.05, 3.63) is 35.9 Å². The van der Waals surface area contributed by atoms with Gasteiger partial charge in [-0.25, -0.2) is 0 Å². The second-order valence-electron chi connectivity index (χ2n) is 3.67. The molecular formula is C14H17NO. The number of hydrogen-bond donors (Lipinski definition) is 1. The maximum atomic E-state index is 11.9. The summed E-state index contributed by atoms with van der Waals surface area (Å²) >= 11 is 0. The first-order valence-electron chi connectivity index (χ1n) is 5.55. The molecule has 2 heteroatoms. The molecule has 0 radical (unpaired) electrons. The molecule has 2 nitrogen and oxygen atoms in total. The zero-order chi connectivity index (χ0) is 11.8. The van der Waals surface area contributed by atoms with E-state index in [1.807, 2.05) is 30.3 Å². The minimum Gasteiger partial charge on any atom is -0.345 e. The van der Waals surface area contributed by atoms with Gasteiger partial charge in [-0.1, -0.05) is 49.6 Å². The van der Waals surface area contributed by atoms with Gasteiger partial charge in [0.05, 0.1) is 12.5 Å². The van der Waals surface area contributed by atoms with Crippen LogP contribution < -0.4 is 5.32 Å². The molecule has 1 amide bonds. The summed E-state index contributed by atoms with van der Waals surface area (Å²) < 4.78 is 0. The largest absolute Gasteiger partial charge is 0.345 e. The van der Waals surface area contributed by atoms with E-state index in [2.05, 4.69) is 18.2 Å². The Labute approximate surface area is 97.1 Å². The van der Waals surface area contributed by atoms with Crippen LogP contribution in [0.15, 0.2) is 30.3 Å². The Morgan fingerprint density at radius 2 is 2.12 bits per heavy atom. The molecule has 0 fully saturated rings. The van der Waals surface area contributed by atoms with Gasteiger partial charge < -0.3 is 5.32 Å². The molecule has 0 aromatic heterocycles. The highest BCUT2D eigenvalue weighted by atomic mass is 16.1. The van der Waals surface area contributed by atoms with Crippen LogP contribution in [0.5, 0.6) is 0 Å². The highest BCUT2D eigenvalue weighted by Gasteiger charge is 2.18. The molecule has 0 saturated heterocycles. The second kappa shape index (κ2) is 6.68. The van der Waals surface area contributed by atoms with Crippen LogP contribution in [-0.4, -0.2) is 12.5 Å². The summed E-state index contributed by atoms with van der Waals surface area (Å²) in [5, 5.41) is 2.74. The third-order valence-corrected chi connectivity index (χ3v) is 2.46. The fourth-order valence-corrected chi connectivity index (χ4v) is 1.68. The lowest BCUT2D eigenvalue weighted by atomic mass is 9.94. The van der Waals surface area contributed by atoms with Crippen LogP contribution in [0, 0.1) is 12.3 Å². The van der Waals surface area contributed by atoms with Crippen molar-refractivity contribution in [3.63, 3.8) is 0 Å². The van der Waals surface area contributed by atoms with Crippen LogP contribution in [-0.2, 0) is 4.79 Å². The van der Waals surface area contributed by atoms with Crippen molar-refractivity contribution in [1.82, 2.24) is 5.32 Å². The maximum Gasteiger partial charge on any atom is 0.228 e. The Morgan fingerprint density at radius 3 is 2.69 bits per heavy atom. The molecule has 0 spiro atoms. The van der Waals surface area contributed by atoms with E-state index < -0.39 is 0 Å². The number of amides is 1. The van der Waals surface area contributed by atoms with Gasteiger partial charge in [-0.15, -0.1) is 6.42 Å². The third kappa shape index (κ3) is 3.43. The quantitative estimate of drug-likeness (QED) is 0.750. The summed E-state index contributed by atoms with van der Waals surface area (Å²) in [6, 6.07) is 9.82. The van der Waals surface area contributed by atoms with Gasteiger partial charge in [-0.3, -0.25) is 4.79 Å². The SMILES string of the molecule is C#CCNC(=O)[C@@H](CCC)c1ccccc1. The van der Waals surface area contributed by atoms with Crippen molar-refractivity contribution in [1.29, 1.82) is 0 Å². The van der Waals surface area contributed by atoms with Crippen LogP contribution >= 0.6 is 0 Å². The molecule has 16 heavy (non-hydrogen) atoms. The van der Waals surface area contributed by atoms with Gasteiger partial charge in [0.2, 0.25) is 5.91 Å². The van der Waals surface area contributed by atoms with Crippen LogP contribution in [0.1, 0.15) is 31.2 Å². The lowest BCUT2D eigenvalue weighted by Crippen LogP contribution is -2.29. The first-order valence-corrected chi connectivity index (χ1v) is 5.55.